The Bertz CT molecular complexity index is 637. The summed E-state index contributed by atoms with van der Waals surface area (Å²) < 4.78 is 1.81. The van der Waals surface area contributed by atoms with Gasteiger partial charge in [0, 0.05) is 25.0 Å². The molecule has 0 saturated heterocycles. The van der Waals surface area contributed by atoms with Crippen LogP contribution >= 0.6 is 12.2 Å². The summed E-state index contributed by atoms with van der Waals surface area (Å²) in [6.07, 6.45) is 7.74. The van der Waals surface area contributed by atoms with Crippen molar-refractivity contribution in [1.29, 1.82) is 0 Å². The summed E-state index contributed by atoms with van der Waals surface area (Å²) in [6, 6.07) is 2.09. The van der Waals surface area contributed by atoms with Crippen LogP contribution < -0.4 is 11.1 Å². The van der Waals surface area contributed by atoms with Crippen LogP contribution in [0, 0.1) is 0 Å². The lowest BCUT2D eigenvalue weighted by Crippen LogP contribution is -2.17. The maximum atomic E-state index is 5.82. The first-order valence-corrected chi connectivity index (χ1v) is 7.55. The van der Waals surface area contributed by atoms with Crippen molar-refractivity contribution in [2.24, 2.45) is 5.73 Å². The largest absolute Gasteiger partial charge is 0.389 e. The highest BCUT2D eigenvalue weighted by molar-refractivity contribution is 7.80. The van der Waals surface area contributed by atoms with E-state index in [0.717, 1.165) is 50.2 Å². The number of nitrogens with zero attached hydrogens (tertiary/aromatic N) is 4. The Hall–Kier alpha value is -2.02. The number of aromatic nitrogens is 4. The highest BCUT2D eigenvalue weighted by Crippen LogP contribution is 2.25. The van der Waals surface area contributed by atoms with Gasteiger partial charge in [-0.25, -0.2) is 4.98 Å². The van der Waals surface area contributed by atoms with Crippen LogP contribution in [0.5, 0.6) is 0 Å². The van der Waals surface area contributed by atoms with Crippen LogP contribution in [0.1, 0.15) is 29.7 Å². The molecule has 0 aliphatic heterocycles. The van der Waals surface area contributed by atoms with Crippen molar-refractivity contribution < 1.29 is 0 Å². The zero-order valence-electron chi connectivity index (χ0n) is 11.7. The fraction of sp³-hybridized carbons (Fsp3) is 0.429. The van der Waals surface area contributed by atoms with E-state index in [4.69, 9.17) is 22.9 Å². The summed E-state index contributed by atoms with van der Waals surface area (Å²) in [7, 11) is 0. The Kier molecular flexibility index (Phi) is 4.10. The molecule has 1 aliphatic rings. The molecule has 7 heteroatoms. The molecule has 21 heavy (non-hydrogen) atoms. The standard InChI is InChI=1S/C14H18N6S/c15-13(21)11-9-10-3-1-4-12(10)18-14(11)16-5-2-7-20-8-6-17-19-20/h6,8-9H,1-5,7H2,(H2,15,21)(H,16,18). The van der Waals surface area contributed by atoms with Gasteiger partial charge in [-0.15, -0.1) is 5.10 Å². The minimum Gasteiger partial charge on any atom is -0.389 e. The van der Waals surface area contributed by atoms with Crippen LogP contribution in [0.15, 0.2) is 18.5 Å². The molecule has 0 bridgehead atoms. The Balaban J connectivity index is 1.65. The Labute approximate surface area is 128 Å². The van der Waals surface area contributed by atoms with E-state index >= 15 is 0 Å². The van der Waals surface area contributed by atoms with Crippen LogP contribution in [-0.2, 0) is 19.4 Å². The van der Waals surface area contributed by atoms with E-state index in [1.54, 1.807) is 6.20 Å². The van der Waals surface area contributed by atoms with Crippen molar-refractivity contribution in [3.05, 3.63) is 35.3 Å². The fourth-order valence-electron chi connectivity index (χ4n) is 2.59. The van der Waals surface area contributed by atoms with Crippen molar-refractivity contribution in [2.45, 2.75) is 32.2 Å². The molecule has 3 N–H and O–H groups in total. The third-order valence-corrected chi connectivity index (χ3v) is 3.86. The Morgan fingerprint density at radius 1 is 1.43 bits per heavy atom. The molecule has 2 aromatic heterocycles. The zero-order chi connectivity index (χ0) is 14.7. The van der Waals surface area contributed by atoms with E-state index in [2.05, 4.69) is 21.7 Å². The lowest BCUT2D eigenvalue weighted by atomic mass is 10.1. The first kappa shape index (κ1) is 13.9. The predicted molar refractivity (Wildman–Crippen MR) is 85.3 cm³/mol. The second-order valence-corrected chi connectivity index (χ2v) is 5.59. The maximum absolute atomic E-state index is 5.82. The number of nitrogens with one attached hydrogen (secondary N) is 1. The number of thiocarbonyl (C=S) groups is 1. The quantitative estimate of drug-likeness (QED) is 0.618. The molecular weight excluding hydrogens is 284 g/mol. The second kappa shape index (κ2) is 6.17. The lowest BCUT2D eigenvalue weighted by Gasteiger charge is -2.12. The number of aryl methyl sites for hydroxylation is 3. The van der Waals surface area contributed by atoms with Gasteiger partial charge in [0.05, 0.1) is 11.8 Å². The molecular formula is C14H18N6S. The maximum Gasteiger partial charge on any atom is 0.136 e. The third-order valence-electron chi connectivity index (χ3n) is 3.64. The van der Waals surface area contributed by atoms with Crippen molar-refractivity contribution in [1.82, 2.24) is 20.0 Å². The van der Waals surface area contributed by atoms with Crippen molar-refractivity contribution in [3.8, 4) is 0 Å². The van der Waals surface area contributed by atoms with Gasteiger partial charge in [0.15, 0.2) is 0 Å². The normalized spacial score (nSPS) is 13.1. The van der Waals surface area contributed by atoms with E-state index < -0.39 is 0 Å². The van der Waals surface area contributed by atoms with E-state index in [0.29, 0.717) is 4.99 Å². The van der Waals surface area contributed by atoms with Gasteiger partial charge in [-0.3, -0.25) is 4.68 Å². The monoisotopic (exact) mass is 302 g/mol. The molecule has 0 saturated carbocycles. The summed E-state index contributed by atoms with van der Waals surface area (Å²) in [6.45, 7) is 1.61. The molecule has 0 fully saturated rings. The molecule has 1 aliphatic carbocycles. The van der Waals surface area contributed by atoms with Crippen molar-refractivity contribution in [3.63, 3.8) is 0 Å². The Morgan fingerprint density at radius 2 is 2.33 bits per heavy atom. The van der Waals surface area contributed by atoms with Crippen molar-refractivity contribution >= 4 is 23.0 Å². The van der Waals surface area contributed by atoms with E-state index in [9.17, 15) is 0 Å². The van der Waals surface area contributed by atoms with Crippen LogP contribution in [0.4, 0.5) is 5.82 Å². The lowest BCUT2D eigenvalue weighted by molar-refractivity contribution is 0.569. The van der Waals surface area contributed by atoms with Gasteiger partial charge in [0.2, 0.25) is 0 Å². The zero-order valence-corrected chi connectivity index (χ0v) is 12.6. The molecule has 3 rings (SSSR count). The topological polar surface area (TPSA) is 81.6 Å². The molecule has 0 unspecified atom stereocenters. The molecule has 2 aromatic rings. The summed E-state index contributed by atoms with van der Waals surface area (Å²) in [4.78, 5) is 5.09. The SMILES string of the molecule is NC(=S)c1cc2c(nc1NCCCn1ccnn1)CCC2. The highest BCUT2D eigenvalue weighted by Gasteiger charge is 2.17. The number of hydrogen-bond donors (Lipinski definition) is 2. The number of rotatable bonds is 6. The van der Waals surface area contributed by atoms with Crippen molar-refractivity contribution in [2.75, 3.05) is 11.9 Å². The summed E-state index contributed by atoms with van der Waals surface area (Å²) in [5.41, 5.74) is 9.13. The van der Waals surface area contributed by atoms with Gasteiger partial charge in [-0.05, 0) is 37.3 Å². The van der Waals surface area contributed by atoms with Gasteiger partial charge in [-0.2, -0.15) is 0 Å². The van der Waals surface area contributed by atoms with Crippen LogP contribution in [0.25, 0.3) is 0 Å². The minimum absolute atomic E-state index is 0.399. The minimum atomic E-state index is 0.399. The Morgan fingerprint density at radius 3 is 3.10 bits per heavy atom. The number of pyridine rings is 1. The van der Waals surface area contributed by atoms with E-state index in [1.807, 2.05) is 10.9 Å². The average Bonchev–Trinajstić information content (AvgIpc) is 3.13. The van der Waals surface area contributed by atoms with Gasteiger partial charge >= 0.3 is 0 Å². The van der Waals surface area contributed by atoms with Gasteiger partial charge in [0.1, 0.15) is 10.8 Å². The first-order valence-electron chi connectivity index (χ1n) is 7.14. The molecule has 0 spiro atoms. The summed E-state index contributed by atoms with van der Waals surface area (Å²) in [5, 5.41) is 11.1. The predicted octanol–water partition coefficient (Wildman–Crippen LogP) is 1.30. The molecule has 0 atom stereocenters. The molecule has 2 heterocycles. The van der Waals surface area contributed by atoms with Crippen LogP contribution in [0.2, 0.25) is 0 Å². The van der Waals surface area contributed by atoms with Gasteiger partial charge < -0.3 is 11.1 Å². The summed E-state index contributed by atoms with van der Waals surface area (Å²) >= 11 is 5.14. The smallest absolute Gasteiger partial charge is 0.136 e. The van der Waals surface area contributed by atoms with Crippen LogP contribution in [0.3, 0.4) is 0 Å². The van der Waals surface area contributed by atoms with Gasteiger partial charge in [-0.1, -0.05) is 17.4 Å². The van der Waals surface area contributed by atoms with Crippen LogP contribution in [-0.4, -0.2) is 31.5 Å². The number of nitrogens with two attached hydrogens (primary N) is 1. The van der Waals surface area contributed by atoms with E-state index in [1.165, 1.54) is 11.3 Å². The molecule has 0 radical (unpaired) electrons. The molecule has 0 aromatic carbocycles. The second-order valence-electron chi connectivity index (χ2n) is 5.15. The number of hydrogen-bond acceptors (Lipinski definition) is 5. The molecule has 110 valence electrons. The number of anilines is 1. The number of fused-ring (bicyclic) bond motifs is 1. The fourth-order valence-corrected chi connectivity index (χ4v) is 2.75. The van der Waals surface area contributed by atoms with Gasteiger partial charge in [0.25, 0.3) is 0 Å². The average molecular weight is 302 g/mol. The molecule has 6 nitrogen and oxygen atoms in total. The molecule has 0 amide bonds. The van der Waals surface area contributed by atoms with E-state index in [-0.39, 0.29) is 0 Å². The summed E-state index contributed by atoms with van der Waals surface area (Å²) in [5.74, 6) is 0.807. The first-order chi connectivity index (χ1) is 10.2. The highest BCUT2D eigenvalue weighted by atomic mass is 32.1. The third kappa shape index (κ3) is 3.18.